The van der Waals surface area contributed by atoms with Crippen molar-refractivity contribution in [2.45, 2.75) is 20.3 Å². The van der Waals surface area contributed by atoms with Crippen LogP contribution in [0.1, 0.15) is 20.3 Å². The first-order valence-corrected chi connectivity index (χ1v) is 6.44. The van der Waals surface area contributed by atoms with Crippen LogP contribution in [-0.2, 0) is 4.79 Å². The van der Waals surface area contributed by atoms with Crippen molar-refractivity contribution in [3.05, 3.63) is 12.1 Å². The van der Waals surface area contributed by atoms with Crippen LogP contribution >= 0.6 is 0 Å². The van der Waals surface area contributed by atoms with E-state index in [0.717, 1.165) is 13.1 Å². The van der Waals surface area contributed by atoms with E-state index in [9.17, 15) is 4.79 Å². The number of aromatic nitrogens is 1. The minimum Gasteiger partial charge on any atom is -0.479 e. The summed E-state index contributed by atoms with van der Waals surface area (Å²) in [6, 6.07) is 3.49. The van der Waals surface area contributed by atoms with E-state index in [1.54, 1.807) is 17.0 Å². The number of carbonyl (C=O) groups is 1. The summed E-state index contributed by atoms with van der Waals surface area (Å²) in [5, 5.41) is 3.09. The van der Waals surface area contributed by atoms with Crippen LogP contribution in [0.4, 0.5) is 11.5 Å². The van der Waals surface area contributed by atoms with Crippen molar-refractivity contribution in [2.24, 2.45) is 0 Å². The average Bonchev–Trinajstić information content (AvgIpc) is 2.42. The van der Waals surface area contributed by atoms with Gasteiger partial charge in [0.1, 0.15) is 5.82 Å². The molecule has 0 fully saturated rings. The highest BCUT2D eigenvalue weighted by molar-refractivity contribution is 5.76. The Morgan fingerprint density at radius 3 is 2.68 bits per heavy atom. The number of carbonyl (C=O) groups excluding carboxylic acids is 1. The van der Waals surface area contributed by atoms with Crippen LogP contribution in [0.25, 0.3) is 0 Å². The van der Waals surface area contributed by atoms with Crippen molar-refractivity contribution in [3.63, 3.8) is 0 Å². The third kappa shape index (κ3) is 4.31. The van der Waals surface area contributed by atoms with E-state index in [4.69, 9.17) is 10.5 Å². The van der Waals surface area contributed by atoms with Crippen molar-refractivity contribution in [1.29, 1.82) is 0 Å². The molecule has 3 N–H and O–H groups in total. The number of nitrogens with zero attached hydrogens (tertiary/aromatic N) is 2. The molecular formula is C13H22N4O2. The number of hydrogen-bond donors (Lipinski definition) is 2. The molecule has 0 saturated carbocycles. The van der Waals surface area contributed by atoms with Crippen LogP contribution in [0.2, 0.25) is 0 Å². The molecule has 0 atom stereocenters. The number of ether oxygens (including phenoxy) is 1. The van der Waals surface area contributed by atoms with E-state index < -0.39 is 0 Å². The lowest BCUT2D eigenvalue weighted by atomic mass is 10.3. The monoisotopic (exact) mass is 266 g/mol. The first kappa shape index (κ1) is 15.1. The number of nitrogen functional groups attached to an aromatic ring is 1. The fraction of sp³-hybridized carbons (Fsp3) is 0.538. The van der Waals surface area contributed by atoms with Crippen LogP contribution in [-0.4, -0.2) is 42.5 Å². The number of methoxy groups -OCH3 is 1. The lowest BCUT2D eigenvalue weighted by molar-refractivity contribution is -0.130. The maximum atomic E-state index is 11.8. The van der Waals surface area contributed by atoms with E-state index in [1.165, 1.54) is 7.11 Å². The number of nitrogens with two attached hydrogens (primary N) is 1. The quantitative estimate of drug-likeness (QED) is 0.778. The summed E-state index contributed by atoms with van der Waals surface area (Å²) in [6.07, 6.45) is 0.441. The van der Waals surface area contributed by atoms with Crippen LogP contribution in [0.3, 0.4) is 0 Å². The van der Waals surface area contributed by atoms with E-state index >= 15 is 0 Å². The fourth-order valence-electron chi connectivity index (χ4n) is 1.75. The predicted octanol–water partition coefficient (Wildman–Crippen LogP) is 1.34. The van der Waals surface area contributed by atoms with Gasteiger partial charge >= 0.3 is 0 Å². The standard InChI is InChI=1S/C13H22N4O2/c1-4-17(5-2)12(18)8-9-15-11-7-6-10(14)13(16-11)19-3/h6-7H,4-5,8-9,14H2,1-3H3,(H,15,16). The Balaban J connectivity index is 2.47. The number of anilines is 2. The summed E-state index contributed by atoms with van der Waals surface area (Å²) in [6.45, 7) is 5.96. The second-order valence-electron chi connectivity index (χ2n) is 4.04. The van der Waals surface area contributed by atoms with Gasteiger partial charge in [-0.15, -0.1) is 0 Å². The number of pyridine rings is 1. The second-order valence-corrected chi connectivity index (χ2v) is 4.04. The largest absolute Gasteiger partial charge is 0.479 e. The van der Waals surface area contributed by atoms with Crippen molar-refractivity contribution in [2.75, 3.05) is 37.8 Å². The van der Waals surface area contributed by atoms with Gasteiger partial charge in [-0.05, 0) is 26.0 Å². The molecule has 0 aliphatic rings. The molecule has 0 spiro atoms. The summed E-state index contributed by atoms with van der Waals surface area (Å²) in [5.74, 6) is 1.18. The summed E-state index contributed by atoms with van der Waals surface area (Å²) in [7, 11) is 1.52. The second kappa shape index (κ2) is 7.45. The van der Waals surface area contributed by atoms with Gasteiger partial charge < -0.3 is 20.7 Å². The molecule has 1 amide bonds. The first-order valence-electron chi connectivity index (χ1n) is 6.44. The van der Waals surface area contributed by atoms with Crippen LogP contribution in [0.15, 0.2) is 12.1 Å². The zero-order chi connectivity index (χ0) is 14.3. The van der Waals surface area contributed by atoms with Gasteiger partial charge in [0.25, 0.3) is 0 Å². The predicted molar refractivity (Wildman–Crippen MR) is 76.2 cm³/mol. The Bertz CT molecular complexity index is 419. The topological polar surface area (TPSA) is 80.5 Å². The molecular weight excluding hydrogens is 244 g/mol. The molecule has 6 nitrogen and oxygen atoms in total. The zero-order valence-electron chi connectivity index (χ0n) is 11.8. The van der Waals surface area contributed by atoms with Crippen molar-refractivity contribution in [1.82, 2.24) is 9.88 Å². The molecule has 1 heterocycles. The van der Waals surface area contributed by atoms with Gasteiger partial charge in [0.15, 0.2) is 0 Å². The smallest absolute Gasteiger partial charge is 0.238 e. The third-order valence-corrected chi connectivity index (χ3v) is 2.84. The van der Waals surface area contributed by atoms with E-state index in [2.05, 4.69) is 10.3 Å². The maximum Gasteiger partial charge on any atom is 0.238 e. The highest BCUT2D eigenvalue weighted by Gasteiger charge is 2.09. The van der Waals surface area contributed by atoms with Gasteiger partial charge in [-0.25, -0.2) is 0 Å². The molecule has 0 unspecified atom stereocenters. The van der Waals surface area contributed by atoms with Gasteiger partial charge in [-0.3, -0.25) is 4.79 Å². The Labute approximate surface area is 113 Å². The van der Waals surface area contributed by atoms with E-state index in [1.807, 2.05) is 13.8 Å². The Kier molecular flexibility index (Phi) is 5.92. The highest BCUT2D eigenvalue weighted by atomic mass is 16.5. The van der Waals surface area contributed by atoms with E-state index in [-0.39, 0.29) is 5.91 Å². The molecule has 0 radical (unpaired) electrons. The number of amides is 1. The molecule has 106 valence electrons. The number of rotatable bonds is 7. The fourth-order valence-corrected chi connectivity index (χ4v) is 1.75. The summed E-state index contributed by atoms with van der Waals surface area (Å²) >= 11 is 0. The molecule has 0 aliphatic carbocycles. The molecule has 19 heavy (non-hydrogen) atoms. The first-order chi connectivity index (χ1) is 9.12. The summed E-state index contributed by atoms with van der Waals surface area (Å²) < 4.78 is 5.03. The normalized spacial score (nSPS) is 10.1. The minimum atomic E-state index is 0.139. The lowest BCUT2D eigenvalue weighted by Gasteiger charge is -2.18. The van der Waals surface area contributed by atoms with Gasteiger partial charge in [0.2, 0.25) is 11.8 Å². The van der Waals surface area contributed by atoms with Gasteiger partial charge in [0.05, 0.1) is 12.8 Å². The third-order valence-electron chi connectivity index (χ3n) is 2.84. The van der Waals surface area contributed by atoms with Crippen molar-refractivity contribution >= 4 is 17.4 Å². The lowest BCUT2D eigenvalue weighted by Crippen LogP contribution is -2.31. The van der Waals surface area contributed by atoms with Crippen molar-refractivity contribution < 1.29 is 9.53 Å². The molecule has 0 aromatic carbocycles. The molecule has 0 saturated heterocycles. The number of hydrogen-bond acceptors (Lipinski definition) is 5. The zero-order valence-corrected chi connectivity index (χ0v) is 11.8. The minimum absolute atomic E-state index is 0.139. The van der Waals surface area contributed by atoms with Crippen LogP contribution < -0.4 is 15.8 Å². The van der Waals surface area contributed by atoms with E-state index in [0.29, 0.717) is 30.4 Å². The Morgan fingerprint density at radius 1 is 1.42 bits per heavy atom. The van der Waals surface area contributed by atoms with Crippen LogP contribution in [0, 0.1) is 0 Å². The molecule has 6 heteroatoms. The van der Waals surface area contributed by atoms with Crippen LogP contribution in [0.5, 0.6) is 5.88 Å². The van der Waals surface area contributed by atoms with Gasteiger partial charge in [-0.1, -0.05) is 0 Å². The average molecular weight is 266 g/mol. The number of nitrogens with one attached hydrogen (secondary N) is 1. The molecule has 0 bridgehead atoms. The molecule has 0 aliphatic heterocycles. The highest BCUT2D eigenvalue weighted by Crippen LogP contribution is 2.19. The summed E-state index contributed by atoms with van der Waals surface area (Å²) in [5.41, 5.74) is 6.17. The van der Waals surface area contributed by atoms with Gasteiger partial charge in [-0.2, -0.15) is 4.98 Å². The van der Waals surface area contributed by atoms with Gasteiger partial charge in [0, 0.05) is 26.1 Å². The Morgan fingerprint density at radius 2 is 2.11 bits per heavy atom. The molecule has 1 aromatic rings. The molecule has 1 rings (SSSR count). The van der Waals surface area contributed by atoms with Crippen molar-refractivity contribution in [3.8, 4) is 5.88 Å². The maximum absolute atomic E-state index is 11.8. The summed E-state index contributed by atoms with van der Waals surface area (Å²) in [4.78, 5) is 17.8. The SMILES string of the molecule is CCN(CC)C(=O)CCNc1ccc(N)c(OC)n1. The Hall–Kier alpha value is -1.98. The molecule has 1 aromatic heterocycles.